The standard InChI is InChI=1S/C12H14ClNO3S/c1-7(2)17-11(15)6-16-8-3-4-9(12(14)18)10(13)5-8/h3-5,7H,6H2,1-2H3,(H2,14,18). The Kier molecular flexibility index (Phi) is 5.37. The van der Waals surface area contributed by atoms with Gasteiger partial charge in [-0.1, -0.05) is 23.8 Å². The van der Waals surface area contributed by atoms with E-state index in [1.807, 2.05) is 0 Å². The average molecular weight is 288 g/mol. The van der Waals surface area contributed by atoms with Gasteiger partial charge in [-0.05, 0) is 32.0 Å². The lowest BCUT2D eigenvalue weighted by Crippen LogP contribution is -2.18. The van der Waals surface area contributed by atoms with E-state index < -0.39 is 5.97 Å². The zero-order chi connectivity index (χ0) is 13.7. The number of thiocarbonyl (C=S) groups is 1. The van der Waals surface area contributed by atoms with E-state index in [1.54, 1.807) is 32.0 Å². The first-order chi connectivity index (χ1) is 8.40. The first kappa shape index (κ1) is 14.7. The molecule has 0 aliphatic rings. The van der Waals surface area contributed by atoms with E-state index in [9.17, 15) is 4.79 Å². The van der Waals surface area contributed by atoms with Crippen LogP contribution in [-0.4, -0.2) is 23.7 Å². The summed E-state index contributed by atoms with van der Waals surface area (Å²) in [6.45, 7) is 3.37. The van der Waals surface area contributed by atoms with E-state index in [2.05, 4.69) is 0 Å². The molecule has 98 valence electrons. The van der Waals surface area contributed by atoms with Gasteiger partial charge in [0.15, 0.2) is 6.61 Å². The number of esters is 1. The summed E-state index contributed by atoms with van der Waals surface area (Å²) in [6, 6.07) is 4.84. The van der Waals surface area contributed by atoms with Crippen LogP contribution in [0.15, 0.2) is 18.2 Å². The Balaban J connectivity index is 2.61. The fourth-order valence-corrected chi connectivity index (χ4v) is 1.73. The Morgan fingerprint density at radius 1 is 1.50 bits per heavy atom. The van der Waals surface area contributed by atoms with Crippen LogP contribution >= 0.6 is 23.8 Å². The van der Waals surface area contributed by atoms with Crippen LogP contribution in [0.5, 0.6) is 5.75 Å². The molecule has 0 bridgehead atoms. The van der Waals surface area contributed by atoms with Crippen molar-refractivity contribution < 1.29 is 14.3 Å². The molecule has 0 aliphatic carbocycles. The second-order valence-electron chi connectivity index (χ2n) is 3.83. The maximum absolute atomic E-state index is 11.3. The number of ether oxygens (including phenoxy) is 2. The van der Waals surface area contributed by atoms with Gasteiger partial charge >= 0.3 is 5.97 Å². The highest BCUT2D eigenvalue weighted by atomic mass is 35.5. The van der Waals surface area contributed by atoms with Gasteiger partial charge in [0.1, 0.15) is 10.7 Å². The molecule has 0 aliphatic heterocycles. The topological polar surface area (TPSA) is 61.5 Å². The normalized spacial score (nSPS) is 10.2. The van der Waals surface area contributed by atoms with E-state index >= 15 is 0 Å². The van der Waals surface area contributed by atoms with Crippen LogP contribution < -0.4 is 10.5 Å². The fourth-order valence-electron chi connectivity index (χ4n) is 1.22. The van der Waals surface area contributed by atoms with Gasteiger partial charge < -0.3 is 15.2 Å². The third kappa shape index (κ3) is 4.50. The quantitative estimate of drug-likeness (QED) is 0.665. The molecule has 0 amide bonds. The van der Waals surface area contributed by atoms with Crippen molar-refractivity contribution in [1.82, 2.24) is 0 Å². The van der Waals surface area contributed by atoms with Crippen molar-refractivity contribution in [3.05, 3.63) is 28.8 Å². The summed E-state index contributed by atoms with van der Waals surface area (Å²) in [4.78, 5) is 11.5. The minimum atomic E-state index is -0.431. The molecule has 18 heavy (non-hydrogen) atoms. The number of halogens is 1. The number of carbonyl (C=O) groups excluding carboxylic acids is 1. The highest BCUT2D eigenvalue weighted by molar-refractivity contribution is 7.80. The lowest BCUT2D eigenvalue weighted by Gasteiger charge is -2.10. The zero-order valence-corrected chi connectivity index (χ0v) is 11.7. The van der Waals surface area contributed by atoms with Gasteiger partial charge in [-0.25, -0.2) is 4.79 Å². The fraction of sp³-hybridized carbons (Fsp3) is 0.333. The third-order valence-electron chi connectivity index (χ3n) is 1.93. The molecule has 2 N–H and O–H groups in total. The second kappa shape index (κ2) is 6.56. The third-order valence-corrected chi connectivity index (χ3v) is 2.46. The summed E-state index contributed by atoms with van der Waals surface area (Å²) < 4.78 is 10.2. The van der Waals surface area contributed by atoms with Crippen molar-refractivity contribution >= 4 is 34.8 Å². The number of carbonyl (C=O) groups is 1. The molecule has 0 radical (unpaired) electrons. The number of benzene rings is 1. The molecule has 0 spiro atoms. The molecule has 4 nitrogen and oxygen atoms in total. The molecule has 0 unspecified atom stereocenters. The highest BCUT2D eigenvalue weighted by Crippen LogP contribution is 2.22. The van der Waals surface area contributed by atoms with Gasteiger partial charge in [-0.3, -0.25) is 0 Å². The Morgan fingerprint density at radius 3 is 2.67 bits per heavy atom. The SMILES string of the molecule is CC(C)OC(=O)COc1ccc(C(N)=S)c(Cl)c1. The van der Waals surface area contributed by atoms with Gasteiger partial charge in [0.2, 0.25) is 0 Å². The van der Waals surface area contributed by atoms with E-state index in [0.717, 1.165) is 0 Å². The smallest absolute Gasteiger partial charge is 0.344 e. The highest BCUT2D eigenvalue weighted by Gasteiger charge is 2.08. The maximum Gasteiger partial charge on any atom is 0.344 e. The van der Waals surface area contributed by atoms with E-state index in [1.165, 1.54) is 0 Å². The summed E-state index contributed by atoms with van der Waals surface area (Å²) in [6.07, 6.45) is -0.165. The van der Waals surface area contributed by atoms with Crippen molar-refractivity contribution in [3.63, 3.8) is 0 Å². The summed E-state index contributed by atoms with van der Waals surface area (Å²) in [5.41, 5.74) is 6.05. The van der Waals surface area contributed by atoms with Crippen molar-refractivity contribution in [2.24, 2.45) is 5.73 Å². The molecule has 0 heterocycles. The molecular weight excluding hydrogens is 274 g/mol. The van der Waals surface area contributed by atoms with Crippen molar-refractivity contribution in [2.45, 2.75) is 20.0 Å². The maximum atomic E-state index is 11.3. The Hall–Kier alpha value is -1.33. The molecular formula is C12H14ClNO3S. The lowest BCUT2D eigenvalue weighted by atomic mass is 10.2. The van der Waals surface area contributed by atoms with Crippen LogP contribution in [0.4, 0.5) is 0 Å². The van der Waals surface area contributed by atoms with Crippen LogP contribution in [0.2, 0.25) is 5.02 Å². The summed E-state index contributed by atoms with van der Waals surface area (Å²) in [5, 5.41) is 0.386. The number of rotatable bonds is 5. The second-order valence-corrected chi connectivity index (χ2v) is 4.68. The van der Waals surface area contributed by atoms with Crippen LogP contribution in [0, 0.1) is 0 Å². The van der Waals surface area contributed by atoms with Crippen molar-refractivity contribution in [1.29, 1.82) is 0 Å². The first-order valence-corrected chi connectivity index (χ1v) is 6.10. The molecule has 0 saturated heterocycles. The average Bonchev–Trinajstić information content (AvgIpc) is 2.25. The minimum Gasteiger partial charge on any atom is -0.482 e. The van der Waals surface area contributed by atoms with Gasteiger partial charge in [0.05, 0.1) is 11.1 Å². The summed E-state index contributed by atoms with van der Waals surface area (Å²) in [7, 11) is 0. The first-order valence-electron chi connectivity index (χ1n) is 5.31. The predicted octanol–water partition coefficient (Wildman–Crippen LogP) is 2.30. The van der Waals surface area contributed by atoms with Crippen LogP contribution in [0.25, 0.3) is 0 Å². The molecule has 0 saturated carbocycles. The van der Waals surface area contributed by atoms with E-state index in [4.69, 9.17) is 39.0 Å². The lowest BCUT2D eigenvalue weighted by molar-refractivity contribution is -0.149. The molecule has 1 aromatic carbocycles. The van der Waals surface area contributed by atoms with Crippen LogP contribution in [0.3, 0.4) is 0 Å². The molecule has 0 fully saturated rings. The Labute approximate surface area is 116 Å². The molecule has 1 aromatic rings. The molecule has 6 heteroatoms. The van der Waals surface area contributed by atoms with Gasteiger partial charge in [0, 0.05) is 5.56 Å². The van der Waals surface area contributed by atoms with Gasteiger partial charge in [-0.2, -0.15) is 0 Å². The minimum absolute atomic E-state index is 0.165. The monoisotopic (exact) mass is 287 g/mol. The molecule has 0 aromatic heterocycles. The van der Waals surface area contributed by atoms with E-state index in [-0.39, 0.29) is 17.7 Å². The summed E-state index contributed by atoms with van der Waals surface area (Å²) in [5.74, 6) is 0.0280. The zero-order valence-electron chi connectivity index (χ0n) is 10.1. The van der Waals surface area contributed by atoms with Gasteiger partial charge in [-0.15, -0.1) is 0 Å². The van der Waals surface area contributed by atoms with Crippen molar-refractivity contribution in [3.8, 4) is 5.75 Å². The number of hydrogen-bond acceptors (Lipinski definition) is 4. The Bertz CT molecular complexity index is 463. The van der Waals surface area contributed by atoms with Gasteiger partial charge in [0.25, 0.3) is 0 Å². The molecule has 1 rings (SSSR count). The van der Waals surface area contributed by atoms with E-state index in [0.29, 0.717) is 16.3 Å². The van der Waals surface area contributed by atoms with Crippen LogP contribution in [0.1, 0.15) is 19.4 Å². The summed E-state index contributed by atoms with van der Waals surface area (Å²) >= 11 is 10.8. The number of nitrogens with two attached hydrogens (primary N) is 1. The van der Waals surface area contributed by atoms with Crippen LogP contribution in [-0.2, 0) is 9.53 Å². The largest absolute Gasteiger partial charge is 0.482 e. The molecule has 0 atom stereocenters. The number of hydrogen-bond donors (Lipinski definition) is 1. The van der Waals surface area contributed by atoms with Crippen molar-refractivity contribution in [2.75, 3.05) is 6.61 Å². The Morgan fingerprint density at radius 2 is 2.17 bits per heavy atom. The predicted molar refractivity (Wildman–Crippen MR) is 74.1 cm³/mol.